The molecule has 0 radical (unpaired) electrons. The van der Waals surface area contributed by atoms with Gasteiger partial charge >= 0.3 is 0 Å². The molecule has 4 heteroatoms. The lowest BCUT2D eigenvalue weighted by Gasteiger charge is -2.15. The number of hydrogen-bond acceptors (Lipinski definition) is 3. The molecular weight excluding hydrogens is 230 g/mol. The molecule has 0 aliphatic carbocycles. The molecule has 0 amide bonds. The molecule has 2 heterocycles. The highest BCUT2D eigenvalue weighted by atomic mass is 32.1. The van der Waals surface area contributed by atoms with Crippen molar-refractivity contribution in [3.8, 4) is 0 Å². The molecule has 0 saturated carbocycles. The number of nitrogens with zero attached hydrogens (tertiary/aromatic N) is 2. The molecule has 3 nitrogen and oxygen atoms in total. The van der Waals surface area contributed by atoms with Crippen LogP contribution in [0.5, 0.6) is 0 Å². The summed E-state index contributed by atoms with van der Waals surface area (Å²) in [6.07, 6.45) is 3.88. The molecule has 0 aliphatic rings. The number of hydrogen-bond donors (Lipinski definition) is 1. The van der Waals surface area contributed by atoms with Crippen molar-refractivity contribution in [3.05, 3.63) is 34.8 Å². The Morgan fingerprint density at radius 1 is 1.41 bits per heavy atom. The van der Waals surface area contributed by atoms with Crippen molar-refractivity contribution in [2.75, 3.05) is 5.32 Å². The fourth-order valence-corrected chi connectivity index (χ4v) is 2.53. The average Bonchev–Trinajstić information content (AvgIpc) is 2.89. The third-order valence-corrected chi connectivity index (χ3v) is 3.65. The zero-order chi connectivity index (χ0) is 12.3. The van der Waals surface area contributed by atoms with Crippen molar-refractivity contribution in [3.63, 3.8) is 0 Å². The van der Waals surface area contributed by atoms with Gasteiger partial charge in [0.2, 0.25) is 5.95 Å². The van der Waals surface area contributed by atoms with Crippen LogP contribution in [0.2, 0.25) is 0 Å². The Labute approximate surface area is 107 Å². The second kappa shape index (κ2) is 5.36. The second-order valence-electron chi connectivity index (χ2n) is 4.68. The number of thiophene rings is 1. The largest absolute Gasteiger partial charge is 0.348 e. The molecule has 1 unspecified atom stereocenters. The number of imidazole rings is 1. The van der Waals surface area contributed by atoms with Crippen LogP contribution in [0.1, 0.15) is 31.7 Å². The van der Waals surface area contributed by atoms with Gasteiger partial charge in [0.25, 0.3) is 0 Å². The molecule has 92 valence electrons. The van der Waals surface area contributed by atoms with Gasteiger partial charge in [0.1, 0.15) is 0 Å². The van der Waals surface area contributed by atoms with Crippen LogP contribution in [0.3, 0.4) is 0 Å². The fraction of sp³-hybridized carbons (Fsp3) is 0.462. The van der Waals surface area contributed by atoms with Gasteiger partial charge in [0.15, 0.2) is 0 Å². The summed E-state index contributed by atoms with van der Waals surface area (Å²) in [6.45, 7) is 7.60. The van der Waals surface area contributed by atoms with Crippen molar-refractivity contribution >= 4 is 17.3 Å². The van der Waals surface area contributed by atoms with Crippen LogP contribution in [0.15, 0.2) is 29.9 Å². The topological polar surface area (TPSA) is 29.9 Å². The highest BCUT2D eigenvalue weighted by Crippen LogP contribution is 2.22. The van der Waals surface area contributed by atoms with Gasteiger partial charge in [-0.05, 0) is 24.3 Å². The van der Waals surface area contributed by atoms with Gasteiger partial charge in [-0.25, -0.2) is 4.98 Å². The van der Waals surface area contributed by atoms with Gasteiger partial charge in [-0.3, -0.25) is 0 Å². The number of nitrogens with one attached hydrogen (secondary N) is 1. The molecule has 1 atom stereocenters. The maximum absolute atomic E-state index is 4.38. The van der Waals surface area contributed by atoms with E-state index >= 15 is 0 Å². The summed E-state index contributed by atoms with van der Waals surface area (Å²) in [5, 5.41) is 5.57. The molecule has 0 bridgehead atoms. The molecule has 0 fully saturated rings. The first kappa shape index (κ1) is 12.2. The van der Waals surface area contributed by atoms with Crippen molar-refractivity contribution in [1.29, 1.82) is 0 Å². The summed E-state index contributed by atoms with van der Waals surface area (Å²) >= 11 is 1.77. The van der Waals surface area contributed by atoms with E-state index in [4.69, 9.17) is 0 Å². The van der Waals surface area contributed by atoms with Crippen molar-refractivity contribution in [1.82, 2.24) is 9.55 Å². The van der Waals surface area contributed by atoms with Crippen LogP contribution in [0.25, 0.3) is 0 Å². The summed E-state index contributed by atoms with van der Waals surface area (Å²) in [7, 11) is 0. The lowest BCUT2D eigenvalue weighted by atomic mass is 10.2. The van der Waals surface area contributed by atoms with Crippen LogP contribution >= 0.6 is 11.3 Å². The molecule has 0 spiro atoms. The predicted molar refractivity (Wildman–Crippen MR) is 73.4 cm³/mol. The number of aromatic nitrogens is 2. The molecule has 0 aliphatic heterocycles. The van der Waals surface area contributed by atoms with E-state index in [2.05, 4.69) is 53.2 Å². The van der Waals surface area contributed by atoms with E-state index in [9.17, 15) is 0 Å². The van der Waals surface area contributed by atoms with E-state index in [1.54, 1.807) is 11.3 Å². The minimum Gasteiger partial charge on any atom is -0.348 e. The van der Waals surface area contributed by atoms with Crippen molar-refractivity contribution < 1.29 is 0 Å². The SMILES string of the molecule is CC(C)Cn1ccnc1NC(C)c1cccs1. The number of rotatable bonds is 5. The lowest BCUT2D eigenvalue weighted by Crippen LogP contribution is -2.12. The highest BCUT2D eigenvalue weighted by molar-refractivity contribution is 7.10. The average molecular weight is 249 g/mol. The standard InChI is InChI=1S/C13H19N3S/c1-10(2)9-16-7-6-14-13(16)15-11(3)12-5-4-8-17-12/h4-8,10-11H,9H2,1-3H3,(H,14,15). The smallest absolute Gasteiger partial charge is 0.203 e. The summed E-state index contributed by atoms with van der Waals surface area (Å²) in [4.78, 5) is 5.71. The fourth-order valence-electron chi connectivity index (χ4n) is 1.79. The van der Waals surface area contributed by atoms with Gasteiger partial charge in [-0.15, -0.1) is 11.3 Å². The first-order valence-electron chi connectivity index (χ1n) is 5.98. The second-order valence-corrected chi connectivity index (χ2v) is 5.66. The molecule has 2 rings (SSSR count). The van der Waals surface area contributed by atoms with Crippen molar-refractivity contribution in [2.24, 2.45) is 5.92 Å². The zero-order valence-corrected chi connectivity index (χ0v) is 11.4. The van der Waals surface area contributed by atoms with Gasteiger partial charge in [-0.1, -0.05) is 19.9 Å². The minimum absolute atomic E-state index is 0.309. The molecular formula is C13H19N3S. The van der Waals surface area contributed by atoms with Crippen LogP contribution in [0.4, 0.5) is 5.95 Å². The molecule has 17 heavy (non-hydrogen) atoms. The molecule has 0 saturated heterocycles. The molecule has 0 aromatic carbocycles. The first-order valence-corrected chi connectivity index (χ1v) is 6.86. The Balaban J connectivity index is 2.06. The predicted octanol–water partition coefficient (Wildman–Crippen LogP) is 3.77. The van der Waals surface area contributed by atoms with E-state index < -0.39 is 0 Å². The molecule has 1 N–H and O–H groups in total. The number of anilines is 1. The summed E-state index contributed by atoms with van der Waals surface area (Å²) < 4.78 is 2.18. The molecule has 2 aromatic rings. The van der Waals surface area contributed by atoms with Gasteiger partial charge in [0, 0.05) is 23.8 Å². The Morgan fingerprint density at radius 3 is 2.88 bits per heavy atom. The lowest BCUT2D eigenvalue weighted by molar-refractivity contribution is 0.525. The van der Waals surface area contributed by atoms with E-state index in [0.717, 1.165) is 12.5 Å². The van der Waals surface area contributed by atoms with E-state index in [0.29, 0.717) is 12.0 Å². The van der Waals surface area contributed by atoms with Crippen LogP contribution < -0.4 is 5.32 Å². The maximum Gasteiger partial charge on any atom is 0.203 e. The normalized spacial score (nSPS) is 12.9. The van der Waals surface area contributed by atoms with Crippen LogP contribution in [0, 0.1) is 5.92 Å². The maximum atomic E-state index is 4.38. The summed E-state index contributed by atoms with van der Waals surface area (Å²) in [6, 6.07) is 4.54. The summed E-state index contributed by atoms with van der Waals surface area (Å²) in [5.41, 5.74) is 0. The highest BCUT2D eigenvalue weighted by Gasteiger charge is 2.10. The first-order chi connectivity index (χ1) is 8.16. The van der Waals surface area contributed by atoms with E-state index in [-0.39, 0.29) is 0 Å². The third-order valence-electron chi connectivity index (χ3n) is 2.59. The molecule has 2 aromatic heterocycles. The Hall–Kier alpha value is -1.29. The quantitative estimate of drug-likeness (QED) is 0.874. The van der Waals surface area contributed by atoms with Gasteiger partial charge in [0.05, 0.1) is 6.04 Å². The Morgan fingerprint density at radius 2 is 2.24 bits per heavy atom. The van der Waals surface area contributed by atoms with Crippen LogP contribution in [-0.2, 0) is 6.54 Å². The third kappa shape index (κ3) is 3.09. The Kier molecular flexibility index (Phi) is 3.84. The van der Waals surface area contributed by atoms with Crippen LogP contribution in [-0.4, -0.2) is 9.55 Å². The zero-order valence-electron chi connectivity index (χ0n) is 10.6. The summed E-state index contributed by atoms with van der Waals surface area (Å²) in [5.74, 6) is 1.58. The van der Waals surface area contributed by atoms with Crippen molar-refractivity contribution in [2.45, 2.75) is 33.4 Å². The van der Waals surface area contributed by atoms with E-state index in [1.807, 2.05) is 12.4 Å². The van der Waals surface area contributed by atoms with Gasteiger partial charge < -0.3 is 9.88 Å². The monoisotopic (exact) mass is 249 g/mol. The Bertz CT molecular complexity index is 445. The van der Waals surface area contributed by atoms with Gasteiger partial charge in [-0.2, -0.15) is 0 Å². The van der Waals surface area contributed by atoms with E-state index in [1.165, 1.54) is 4.88 Å². The minimum atomic E-state index is 0.309.